The zero-order valence-electron chi connectivity index (χ0n) is 9.55. The summed E-state index contributed by atoms with van der Waals surface area (Å²) in [7, 11) is 1.75. The average molecular weight is 198 g/mol. The van der Waals surface area contributed by atoms with Gasteiger partial charge < -0.3 is 10.5 Å². The van der Waals surface area contributed by atoms with Gasteiger partial charge in [-0.15, -0.1) is 0 Å². The summed E-state index contributed by atoms with van der Waals surface area (Å²) in [4.78, 5) is 2.39. The van der Waals surface area contributed by atoms with Crippen LogP contribution >= 0.6 is 0 Å². The van der Waals surface area contributed by atoms with E-state index in [4.69, 9.17) is 10.5 Å². The minimum atomic E-state index is -0.0907. The lowest BCUT2D eigenvalue weighted by Crippen LogP contribution is -2.46. The number of rotatable bonds is 4. The van der Waals surface area contributed by atoms with Crippen molar-refractivity contribution in [1.82, 2.24) is 4.90 Å². The van der Waals surface area contributed by atoms with Crippen molar-refractivity contribution in [2.75, 3.05) is 33.4 Å². The Balaban J connectivity index is 2.35. The molecule has 0 spiro atoms. The quantitative estimate of drug-likeness (QED) is 0.685. The molecule has 0 bridgehead atoms. The molecule has 0 aromatic rings. The van der Waals surface area contributed by atoms with Crippen molar-refractivity contribution in [2.24, 2.45) is 5.73 Å². The molecule has 14 heavy (non-hydrogen) atoms. The number of ether oxygens (including phenoxy) is 1. The van der Waals surface area contributed by atoms with E-state index in [0.717, 1.165) is 32.7 Å². The standard InChI is InChI=1S/C11H22N2O/c1-11(2,12)9-13-6-4-10(5-7-13)8-14-3/h4H,5-9,12H2,1-3H3. The van der Waals surface area contributed by atoms with Gasteiger partial charge in [0.1, 0.15) is 0 Å². The van der Waals surface area contributed by atoms with Crippen LogP contribution in [0.5, 0.6) is 0 Å². The first-order chi connectivity index (χ1) is 6.51. The maximum atomic E-state index is 5.97. The third-order valence-corrected chi connectivity index (χ3v) is 2.35. The van der Waals surface area contributed by atoms with Crippen LogP contribution in [0.1, 0.15) is 20.3 Å². The fourth-order valence-corrected chi connectivity index (χ4v) is 1.79. The van der Waals surface area contributed by atoms with Gasteiger partial charge in [-0.05, 0) is 25.8 Å². The van der Waals surface area contributed by atoms with Gasteiger partial charge in [-0.25, -0.2) is 0 Å². The van der Waals surface area contributed by atoms with E-state index < -0.39 is 0 Å². The molecule has 0 aromatic heterocycles. The summed E-state index contributed by atoms with van der Waals surface area (Å²) in [6, 6.07) is 0. The summed E-state index contributed by atoms with van der Waals surface area (Å²) in [6.45, 7) is 8.00. The smallest absolute Gasteiger partial charge is 0.0673 e. The van der Waals surface area contributed by atoms with E-state index in [1.165, 1.54) is 5.57 Å². The van der Waals surface area contributed by atoms with Crippen LogP contribution in [-0.2, 0) is 4.74 Å². The normalized spacial score (nSPS) is 19.6. The Hall–Kier alpha value is -0.380. The second-order valence-electron chi connectivity index (χ2n) is 4.77. The SMILES string of the molecule is COCC1=CCN(CC(C)(C)N)CC1. The molecule has 0 unspecified atom stereocenters. The zero-order valence-corrected chi connectivity index (χ0v) is 9.55. The highest BCUT2D eigenvalue weighted by molar-refractivity contribution is 5.08. The lowest BCUT2D eigenvalue weighted by atomic mass is 10.0. The highest BCUT2D eigenvalue weighted by Crippen LogP contribution is 2.12. The number of hydrogen-bond donors (Lipinski definition) is 1. The Morgan fingerprint density at radius 2 is 2.29 bits per heavy atom. The number of nitrogens with zero attached hydrogens (tertiary/aromatic N) is 1. The first-order valence-electron chi connectivity index (χ1n) is 5.19. The van der Waals surface area contributed by atoms with Crippen LogP contribution in [0.2, 0.25) is 0 Å². The van der Waals surface area contributed by atoms with Crippen LogP contribution in [0.3, 0.4) is 0 Å². The molecule has 0 amide bonds. The van der Waals surface area contributed by atoms with E-state index in [1.807, 2.05) is 0 Å². The van der Waals surface area contributed by atoms with Gasteiger partial charge in [0.15, 0.2) is 0 Å². The van der Waals surface area contributed by atoms with Crippen molar-refractivity contribution in [3.05, 3.63) is 11.6 Å². The largest absolute Gasteiger partial charge is 0.380 e. The van der Waals surface area contributed by atoms with Crippen molar-refractivity contribution in [3.63, 3.8) is 0 Å². The second-order valence-corrected chi connectivity index (χ2v) is 4.77. The van der Waals surface area contributed by atoms with Gasteiger partial charge in [-0.2, -0.15) is 0 Å². The molecule has 3 nitrogen and oxygen atoms in total. The van der Waals surface area contributed by atoms with E-state index in [9.17, 15) is 0 Å². The molecule has 2 N–H and O–H groups in total. The Bertz CT molecular complexity index is 206. The van der Waals surface area contributed by atoms with Crippen molar-refractivity contribution in [1.29, 1.82) is 0 Å². The molecule has 1 heterocycles. The van der Waals surface area contributed by atoms with Gasteiger partial charge in [-0.1, -0.05) is 6.08 Å². The summed E-state index contributed by atoms with van der Waals surface area (Å²) in [5.41, 5.74) is 7.30. The Morgan fingerprint density at radius 3 is 2.71 bits per heavy atom. The Morgan fingerprint density at radius 1 is 1.57 bits per heavy atom. The fourth-order valence-electron chi connectivity index (χ4n) is 1.79. The van der Waals surface area contributed by atoms with Gasteiger partial charge in [0.2, 0.25) is 0 Å². The van der Waals surface area contributed by atoms with Crippen molar-refractivity contribution in [3.8, 4) is 0 Å². The molecular weight excluding hydrogens is 176 g/mol. The first-order valence-corrected chi connectivity index (χ1v) is 5.19. The molecule has 0 saturated heterocycles. The zero-order chi connectivity index (χ0) is 10.6. The fraction of sp³-hybridized carbons (Fsp3) is 0.818. The van der Waals surface area contributed by atoms with Gasteiger partial charge in [0, 0.05) is 32.3 Å². The Kier molecular flexibility index (Phi) is 4.11. The molecule has 1 rings (SSSR count). The van der Waals surface area contributed by atoms with Crippen LogP contribution < -0.4 is 5.73 Å². The van der Waals surface area contributed by atoms with Crippen LogP contribution in [0.25, 0.3) is 0 Å². The molecule has 0 aromatic carbocycles. The van der Waals surface area contributed by atoms with Crippen LogP contribution in [0.15, 0.2) is 11.6 Å². The van der Waals surface area contributed by atoms with Gasteiger partial charge in [0.25, 0.3) is 0 Å². The third-order valence-electron chi connectivity index (χ3n) is 2.35. The number of methoxy groups -OCH3 is 1. The third kappa shape index (κ3) is 4.22. The van der Waals surface area contributed by atoms with Gasteiger partial charge >= 0.3 is 0 Å². The summed E-state index contributed by atoms with van der Waals surface area (Å²) in [5, 5.41) is 0. The molecule has 1 aliphatic rings. The van der Waals surface area contributed by atoms with Crippen LogP contribution in [0.4, 0.5) is 0 Å². The molecule has 82 valence electrons. The molecule has 0 radical (unpaired) electrons. The Labute approximate surface area is 86.9 Å². The second kappa shape index (κ2) is 4.91. The molecule has 0 atom stereocenters. The number of hydrogen-bond acceptors (Lipinski definition) is 3. The topological polar surface area (TPSA) is 38.5 Å². The monoisotopic (exact) mass is 198 g/mol. The van der Waals surface area contributed by atoms with E-state index in [0.29, 0.717) is 0 Å². The van der Waals surface area contributed by atoms with E-state index in [2.05, 4.69) is 24.8 Å². The van der Waals surface area contributed by atoms with Crippen LogP contribution in [-0.4, -0.2) is 43.8 Å². The van der Waals surface area contributed by atoms with Crippen molar-refractivity contribution in [2.45, 2.75) is 25.8 Å². The average Bonchev–Trinajstić information content (AvgIpc) is 2.06. The lowest BCUT2D eigenvalue weighted by Gasteiger charge is -2.31. The highest BCUT2D eigenvalue weighted by Gasteiger charge is 2.18. The minimum absolute atomic E-state index is 0.0907. The van der Waals surface area contributed by atoms with Crippen molar-refractivity contribution >= 4 is 0 Å². The molecular formula is C11H22N2O. The molecule has 0 fully saturated rings. The lowest BCUT2D eigenvalue weighted by molar-refractivity contribution is 0.202. The molecule has 3 heteroatoms. The predicted molar refractivity (Wildman–Crippen MR) is 59.3 cm³/mol. The maximum Gasteiger partial charge on any atom is 0.0673 e. The van der Waals surface area contributed by atoms with Gasteiger partial charge in [-0.3, -0.25) is 4.90 Å². The van der Waals surface area contributed by atoms with Crippen molar-refractivity contribution < 1.29 is 4.74 Å². The maximum absolute atomic E-state index is 5.97. The van der Waals surface area contributed by atoms with E-state index in [1.54, 1.807) is 7.11 Å². The summed E-state index contributed by atoms with van der Waals surface area (Å²) >= 11 is 0. The summed E-state index contributed by atoms with van der Waals surface area (Å²) < 4.78 is 5.11. The molecule has 0 aliphatic carbocycles. The van der Waals surface area contributed by atoms with Crippen LogP contribution in [0, 0.1) is 0 Å². The molecule has 0 saturated carbocycles. The van der Waals surface area contributed by atoms with E-state index >= 15 is 0 Å². The minimum Gasteiger partial charge on any atom is -0.380 e. The summed E-state index contributed by atoms with van der Waals surface area (Å²) in [5.74, 6) is 0. The molecule has 1 aliphatic heterocycles. The number of nitrogens with two attached hydrogens (primary N) is 1. The predicted octanol–water partition coefficient (Wildman–Crippen LogP) is 1.00. The summed E-state index contributed by atoms with van der Waals surface area (Å²) in [6.07, 6.45) is 3.38. The highest BCUT2D eigenvalue weighted by atomic mass is 16.5. The van der Waals surface area contributed by atoms with E-state index in [-0.39, 0.29) is 5.54 Å². The van der Waals surface area contributed by atoms with Gasteiger partial charge in [0.05, 0.1) is 6.61 Å². The first kappa shape index (κ1) is 11.7.